The molecule has 0 aliphatic carbocycles. The van der Waals surface area contributed by atoms with Crippen LogP contribution in [-0.4, -0.2) is 16.0 Å². The Labute approximate surface area is 116 Å². The van der Waals surface area contributed by atoms with Gasteiger partial charge in [-0.2, -0.15) is 0 Å². The van der Waals surface area contributed by atoms with Crippen LogP contribution in [0.3, 0.4) is 0 Å². The van der Waals surface area contributed by atoms with Crippen LogP contribution < -0.4 is 10.9 Å². The predicted octanol–water partition coefficient (Wildman–Crippen LogP) is 2.59. The molecule has 4 nitrogen and oxygen atoms in total. The van der Waals surface area contributed by atoms with Crippen molar-refractivity contribution in [3.63, 3.8) is 0 Å². The third-order valence-corrected chi connectivity index (χ3v) is 2.94. The molecule has 1 aromatic carbocycles. The minimum absolute atomic E-state index is 0.175. The summed E-state index contributed by atoms with van der Waals surface area (Å²) in [5.74, 6) is 0.499. The minimum Gasteiger partial charge on any atom is -0.309 e. The molecule has 0 radical (unpaired) electrons. The van der Waals surface area contributed by atoms with Gasteiger partial charge >= 0.3 is 0 Å². The highest BCUT2D eigenvalue weighted by atomic mass is 35.5. The summed E-state index contributed by atoms with van der Waals surface area (Å²) in [6.07, 6.45) is 0. The van der Waals surface area contributed by atoms with Gasteiger partial charge in [0.05, 0.1) is 10.7 Å². The van der Waals surface area contributed by atoms with Gasteiger partial charge in [0.1, 0.15) is 5.82 Å². The van der Waals surface area contributed by atoms with Gasteiger partial charge in [-0.25, -0.2) is 4.98 Å². The van der Waals surface area contributed by atoms with Crippen molar-refractivity contribution in [3.8, 4) is 11.4 Å². The van der Waals surface area contributed by atoms with Crippen molar-refractivity contribution in [1.82, 2.24) is 15.3 Å². The SMILES string of the molecule is CC(C)NCc1cc(=O)[nH]c(-c2ccccc2Cl)n1. The van der Waals surface area contributed by atoms with E-state index in [4.69, 9.17) is 11.6 Å². The van der Waals surface area contributed by atoms with Crippen LogP contribution in [0.4, 0.5) is 0 Å². The smallest absolute Gasteiger partial charge is 0.251 e. The van der Waals surface area contributed by atoms with Crippen LogP contribution in [-0.2, 0) is 6.54 Å². The van der Waals surface area contributed by atoms with Gasteiger partial charge in [0.15, 0.2) is 0 Å². The highest BCUT2D eigenvalue weighted by molar-refractivity contribution is 6.33. The molecule has 2 N–H and O–H groups in total. The van der Waals surface area contributed by atoms with E-state index in [1.165, 1.54) is 6.07 Å². The lowest BCUT2D eigenvalue weighted by Crippen LogP contribution is -2.24. The van der Waals surface area contributed by atoms with E-state index >= 15 is 0 Å². The molecule has 0 aliphatic rings. The maximum atomic E-state index is 11.7. The number of benzene rings is 1. The van der Waals surface area contributed by atoms with E-state index in [0.29, 0.717) is 29.1 Å². The largest absolute Gasteiger partial charge is 0.309 e. The van der Waals surface area contributed by atoms with Crippen LogP contribution in [0.5, 0.6) is 0 Å². The van der Waals surface area contributed by atoms with Crippen LogP contribution in [0.1, 0.15) is 19.5 Å². The van der Waals surface area contributed by atoms with Gasteiger partial charge in [0, 0.05) is 24.2 Å². The topological polar surface area (TPSA) is 57.8 Å². The molecule has 0 atom stereocenters. The van der Waals surface area contributed by atoms with E-state index in [1.54, 1.807) is 6.07 Å². The Morgan fingerprint density at radius 3 is 2.79 bits per heavy atom. The molecule has 100 valence electrons. The average molecular weight is 278 g/mol. The molecule has 0 saturated carbocycles. The van der Waals surface area contributed by atoms with Gasteiger partial charge in [-0.1, -0.05) is 37.6 Å². The van der Waals surface area contributed by atoms with Gasteiger partial charge in [-0.05, 0) is 12.1 Å². The average Bonchev–Trinajstić information content (AvgIpc) is 2.36. The molecule has 0 spiro atoms. The fraction of sp³-hybridized carbons (Fsp3) is 0.286. The maximum absolute atomic E-state index is 11.7. The van der Waals surface area contributed by atoms with E-state index in [-0.39, 0.29) is 5.56 Å². The monoisotopic (exact) mass is 277 g/mol. The molecular weight excluding hydrogens is 262 g/mol. The molecule has 0 amide bonds. The standard InChI is InChI=1S/C14H16ClN3O/c1-9(2)16-8-10-7-13(19)18-14(17-10)11-5-3-4-6-12(11)15/h3-7,9,16H,8H2,1-2H3,(H,17,18,19). The summed E-state index contributed by atoms with van der Waals surface area (Å²) >= 11 is 6.11. The van der Waals surface area contributed by atoms with Gasteiger partial charge in [0.25, 0.3) is 5.56 Å². The number of aromatic amines is 1. The Morgan fingerprint density at radius 1 is 1.37 bits per heavy atom. The van der Waals surface area contributed by atoms with Crippen molar-refractivity contribution in [3.05, 3.63) is 51.4 Å². The number of nitrogens with one attached hydrogen (secondary N) is 2. The van der Waals surface area contributed by atoms with Crippen molar-refractivity contribution in [2.75, 3.05) is 0 Å². The fourth-order valence-corrected chi connectivity index (χ4v) is 1.91. The van der Waals surface area contributed by atoms with E-state index in [1.807, 2.05) is 32.0 Å². The second-order valence-corrected chi connectivity index (χ2v) is 5.01. The Morgan fingerprint density at radius 2 is 2.11 bits per heavy atom. The summed E-state index contributed by atoms with van der Waals surface area (Å²) in [5.41, 5.74) is 1.26. The Kier molecular flexibility index (Phi) is 4.35. The van der Waals surface area contributed by atoms with Crippen LogP contribution in [0, 0.1) is 0 Å². The first-order chi connectivity index (χ1) is 9.06. The zero-order valence-electron chi connectivity index (χ0n) is 10.9. The van der Waals surface area contributed by atoms with Crippen LogP contribution in [0.15, 0.2) is 35.1 Å². The second-order valence-electron chi connectivity index (χ2n) is 4.60. The normalized spacial score (nSPS) is 10.9. The van der Waals surface area contributed by atoms with Crippen LogP contribution >= 0.6 is 11.6 Å². The van der Waals surface area contributed by atoms with Crippen LogP contribution in [0.25, 0.3) is 11.4 Å². The molecule has 5 heteroatoms. The number of H-pyrrole nitrogens is 1. The second kappa shape index (κ2) is 5.99. The fourth-order valence-electron chi connectivity index (χ4n) is 1.69. The van der Waals surface area contributed by atoms with Gasteiger partial charge in [-0.15, -0.1) is 0 Å². The van der Waals surface area contributed by atoms with Gasteiger partial charge in [-0.3, -0.25) is 4.79 Å². The zero-order chi connectivity index (χ0) is 13.8. The summed E-state index contributed by atoms with van der Waals surface area (Å²) < 4.78 is 0. The highest BCUT2D eigenvalue weighted by Gasteiger charge is 2.07. The van der Waals surface area contributed by atoms with Crippen molar-refractivity contribution in [2.24, 2.45) is 0 Å². The summed E-state index contributed by atoms with van der Waals surface area (Å²) in [6, 6.07) is 9.14. The van der Waals surface area contributed by atoms with E-state index < -0.39 is 0 Å². The van der Waals surface area contributed by atoms with Crippen molar-refractivity contribution in [2.45, 2.75) is 26.4 Å². The van der Waals surface area contributed by atoms with E-state index in [9.17, 15) is 4.79 Å². The number of hydrogen-bond acceptors (Lipinski definition) is 3. The molecule has 2 aromatic rings. The Balaban J connectivity index is 2.37. The minimum atomic E-state index is -0.175. The lowest BCUT2D eigenvalue weighted by Gasteiger charge is -2.09. The zero-order valence-corrected chi connectivity index (χ0v) is 11.7. The van der Waals surface area contributed by atoms with Crippen molar-refractivity contribution >= 4 is 11.6 Å². The lowest BCUT2D eigenvalue weighted by molar-refractivity contribution is 0.580. The van der Waals surface area contributed by atoms with Gasteiger partial charge in [0.2, 0.25) is 0 Å². The molecule has 1 aromatic heterocycles. The third kappa shape index (κ3) is 3.66. The molecule has 19 heavy (non-hydrogen) atoms. The third-order valence-electron chi connectivity index (χ3n) is 2.62. The first-order valence-electron chi connectivity index (χ1n) is 6.15. The lowest BCUT2D eigenvalue weighted by atomic mass is 10.2. The van der Waals surface area contributed by atoms with E-state index in [2.05, 4.69) is 15.3 Å². The van der Waals surface area contributed by atoms with E-state index in [0.717, 1.165) is 5.56 Å². The summed E-state index contributed by atoms with van der Waals surface area (Å²) in [7, 11) is 0. The number of rotatable bonds is 4. The number of nitrogens with zero attached hydrogens (tertiary/aromatic N) is 1. The molecule has 1 heterocycles. The maximum Gasteiger partial charge on any atom is 0.251 e. The first kappa shape index (κ1) is 13.8. The first-order valence-corrected chi connectivity index (χ1v) is 6.52. The van der Waals surface area contributed by atoms with Crippen molar-refractivity contribution in [1.29, 1.82) is 0 Å². The molecule has 2 rings (SSSR count). The molecule has 0 aliphatic heterocycles. The molecule has 0 fully saturated rings. The highest BCUT2D eigenvalue weighted by Crippen LogP contribution is 2.23. The molecule has 0 bridgehead atoms. The number of aromatic nitrogens is 2. The summed E-state index contributed by atoms with van der Waals surface area (Å²) in [6.45, 7) is 4.64. The Bertz CT molecular complexity index is 622. The molecule has 0 unspecified atom stereocenters. The van der Waals surface area contributed by atoms with Crippen molar-refractivity contribution < 1.29 is 0 Å². The Hall–Kier alpha value is -1.65. The number of hydrogen-bond donors (Lipinski definition) is 2. The summed E-state index contributed by atoms with van der Waals surface area (Å²) in [5, 5.41) is 3.80. The quantitative estimate of drug-likeness (QED) is 0.903. The molecule has 0 saturated heterocycles. The van der Waals surface area contributed by atoms with Gasteiger partial charge < -0.3 is 10.3 Å². The molecular formula is C14H16ClN3O. The van der Waals surface area contributed by atoms with Crippen LogP contribution in [0.2, 0.25) is 5.02 Å². The predicted molar refractivity (Wildman–Crippen MR) is 77.3 cm³/mol. The summed E-state index contributed by atoms with van der Waals surface area (Å²) in [4.78, 5) is 18.8. The number of halogens is 1.